The molecule has 0 unspecified atom stereocenters. The van der Waals surface area contributed by atoms with Gasteiger partial charge in [-0.2, -0.15) is 0 Å². The molecule has 3 aliphatic carbocycles. The molecule has 3 saturated carbocycles. The lowest BCUT2D eigenvalue weighted by Gasteiger charge is -2.52. The van der Waals surface area contributed by atoms with Gasteiger partial charge in [-0.3, -0.25) is 4.79 Å². The predicted octanol–water partition coefficient (Wildman–Crippen LogP) is 4.93. The highest BCUT2D eigenvalue weighted by Gasteiger charge is 2.53. The summed E-state index contributed by atoms with van der Waals surface area (Å²) in [6.07, 6.45) is 6.27. The van der Waals surface area contributed by atoms with Crippen LogP contribution in [0.15, 0.2) is 28.7 Å². The van der Waals surface area contributed by atoms with Crippen LogP contribution < -0.4 is 0 Å². The van der Waals surface area contributed by atoms with Crippen LogP contribution in [0, 0.1) is 5.41 Å². The molecular formula is C15H16BrIO2. The Kier molecular flexibility index (Phi) is 3.67. The van der Waals surface area contributed by atoms with Gasteiger partial charge in [0, 0.05) is 4.47 Å². The van der Waals surface area contributed by atoms with Crippen molar-refractivity contribution in [1.82, 2.24) is 0 Å². The topological polar surface area (TPSA) is 26.3 Å². The average Bonchev–Trinajstić information content (AvgIpc) is 2.49. The molecule has 1 aromatic carbocycles. The molecule has 4 heteroatoms. The van der Waals surface area contributed by atoms with Crippen molar-refractivity contribution in [1.29, 1.82) is 0 Å². The van der Waals surface area contributed by atoms with Gasteiger partial charge in [-0.15, -0.1) is 0 Å². The predicted molar refractivity (Wildman–Crippen MR) is 86.1 cm³/mol. The molecule has 2 bridgehead atoms. The van der Waals surface area contributed by atoms with E-state index in [-0.39, 0.29) is 11.4 Å². The van der Waals surface area contributed by atoms with Crippen LogP contribution in [0.25, 0.3) is 0 Å². The molecule has 0 aromatic heterocycles. The largest absolute Gasteiger partial charge is 0.394 e. The van der Waals surface area contributed by atoms with E-state index in [1.54, 1.807) is 23.0 Å². The Bertz CT molecular complexity index is 473. The fourth-order valence-electron chi connectivity index (χ4n) is 3.81. The van der Waals surface area contributed by atoms with Gasteiger partial charge >= 0.3 is 5.97 Å². The number of halogens is 2. The fourth-order valence-corrected chi connectivity index (χ4v) is 4.54. The first kappa shape index (κ1) is 13.9. The third-order valence-corrected chi connectivity index (χ3v) is 6.13. The summed E-state index contributed by atoms with van der Waals surface area (Å²) in [5, 5.41) is 0. The number of carbonyl (C=O) groups excluding carboxylic acids is 1. The third-order valence-electron chi connectivity index (χ3n) is 5.21. The molecule has 0 N–H and O–H groups in total. The molecule has 19 heavy (non-hydrogen) atoms. The summed E-state index contributed by atoms with van der Waals surface area (Å²) in [6.45, 7) is 0. The Morgan fingerprint density at radius 2 is 1.58 bits per heavy atom. The molecule has 3 aliphatic rings. The summed E-state index contributed by atoms with van der Waals surface area (Å²) < 4.78 is 6.11. The zero-order chi connectivity index (χ0) is 13.5. The van der Waals surface area contributed by atoms with Gasteiger partial charge in [0.1, 0.15) is 0 Å². The summed E-state index contributed by atoms with van der Waals surface area (Å²) in [6, 6.07) is 8.72. The highest BCUT2D eigenvalue weighted by Crippen LogP contribution is 2.58. The van der Waals surface area contributed by atoms with E-state index in [1.165, 1.54) is 5.56 Å². The minimum absolute atomic E-state index is 0.00259. The van der Waals surface area contributed by atoms with E-state index in [9.17, 15) is 4.79 Å². The van der Waals surface area contributed by atoms with Crippen molar-refractivity contribution in [2.45, 2.75) is 43.9 Å². The second-order valence-electron chi connectivity index (χ2n) is 5.93. The second-order valence-corrected chi connectivity index (χ2v) is 7.29. The van der Waals surface area contributed by atoms with Gasteiger partial charge in [0.2, 0.25) is 0 Å². The smallest absolute Gasteiger partial charge is 0.321 e. The van der Waals surface area contributed by atoms with Gasteiger partial charge in [-0.05, 0) is 61.6 Å². The van der Waals surface area contributed by atoms with Gasteiger partial charge in [-0.1, -0.05) is 28.1 Å². The summed E-state index contributed by atoms with van der Waals surface area (Å²) in [5.41, 5.74) is 1.55. The molecule has 4 rings (SSSR count). The van der Waals surface area contributed by atoms with Gasteiger partial charge in [-0.25, -0.2) is 0 Å². The molecule has 1 aromatic rings. The van der Waals surface area contributed by atoms with Crippen LogP contribution in [0.1, 0.15) is 44.1 Å². The molecule has 0 saturated heterocycles. The van der Waals surface area contributed by atoms with Crippen LogP contribution >= 0.6 is 38.9 Å². The molecule has 0 spiro atoms. The minimum Gasteiger partial charge on any atom is -0.394 e. The van der Waals surface area contributed by atoms with E-state index in [0.717, 1.165) is 43.0 Å². The maximum atomic E-state index is 12.0. The van der Waals surface area contributed by atoms with Gasteiger partial charge < -0.3 is 3.07 Å². The lowest BCUT2D eigenvalue weighted by Crippen LogP contribution is -2.48. The van der Waals surface area contributed by atoms with E-state index in [2.05, 4.69) is 40.2 Å². The molecule has 0 atom stereocenters. The van der Waals surface area contributed by atoms with Gasteiger partial charge in [0.25, 0.3) is 0 Å². The first-order chi connectivity index (χ1) is 9.10. The Morgan fingerprint density at radius 1 is 1.05 bits per heavy atom. The number of carbonyl (C=O) groups is 1. The molecule has 0 heterocycles. The van der Waals surface area contributed by atoms with Gasteiger partial charge in [0.05, 0.1) is 5.41 Å². The van der Waals surface area contributed by atoms with Crippen LogP contribution in [-0.2, 0) is 13.3 Å². The molecule has 0 aliphatic heterocycles. The highest BCUT2D eigenvalue weighted by atomic mass is 127. The van der Waals surface area contributed by atoms with Crippen molar-refractivity contribution in [3.8, 4) is 0 Å². The van der Waals surface area contributed by atoms with E-state index in [1.807, 2.05) is 0 Å². The van der Waals surface area contributed by atoms with Crippen molar-refractivity contribution in [3.63, 3.8) is 0 Å². The number of fused-ring (bicyclic) bond motifs is 3. The summed E-state index contributed by atoms with van der Waals surface area (Å²) in [7, 11) is 0. The summed E-state index contributed by atoms with van der Waals surface area (Å²) >= 11 is 5.22. The quantitative estimate of drug-likeness (QED) is 0.616. The maximum absolute atomic E-state index is 12.0. The average molecular weight is 435 g/mol. The van der Waals surface area contributed by atoms with Crippen LogP contribution in [0.2, 0.25) is 0 Å². The lowest BCUT2D eigenvalue weighted by molar-refractivity contribution is -0.149. The third kappa shape index (κ3) is 2.24. The Balaban J connectivity index is 1.85. The zero-order valence-corrected chi connectivity index (χ0v) is 14.4. The van der Waals surface area contributed by atoms with Crippen molar-refractivity contribution in [2.24, 2.45) is 5.41 Å². The Hall–Kier alpha value is -0.100. The summed E-state index contributed by atoms with van der Waals surface area (Å²) in [5.74, 6) is -0.00259. The van der Waals surface area contributed by atoms with E-state index < -0.39 is 0 Å². The fraction of sp³-hybridized carbons (Fsp3) is 0.533. The SMILES string of the molecule is O=C(OI)C12CCC(c3ccc(Br)cc3)(CC1)CC2. The van der Waals surface area contributed by atoms with Crippen molar-refractivity contribution in [2.75, 3.05) is 0 Å². The lowest BCUT2D eigenvalue weighted by atomic mass is 9.52. The number of hydrogen-bond donors (Lipinski definition) is 0. The molecule has 2 nitrogen and oxygen atoms in total. The van der Waals surface area contributed by atoms with Crippen LogP contribution in [-0.4, -0.2) is 5.97 Å². The first-order valence-electron chi connectivity index (χ1n) is 6.69. The minimum atomic E-state index is -0.182. The standard InChI is InChI=1S/C15H16BrIO2/c16-12-3-1-11(2-4-12)14-5-8-15(9-6-14,10-7-14)13(18)19-17/h1-4H,5-10H2. The Labute approximate surface area is 136 Å². The molecule has 3 fully saturated rings. The second kappa shape index (κ2) is 5.02. The molecular weight excluding hydrogens is 419 g/mol. The zero-order valence-electron chi connectivity index (χ0n) is 10.6. The number of rotatable bonds is 2. The van der Waals surface area contributed by atoms with Crippen molar-refractivity contribution in [3.05, 3.63) is 34.3 Å². The monoisotopic (exact) mass is 434 g/mol. The molecule has 0 amide bonds. The van der Waals surface area contributed by atoms with Crippen molar-refractivity contribution >= 4 is 44.9 Å². The normalized spacial score (nSPS) is 33.2. The van der Waals surface area contributed by atoms with E-state index in [0.29, 0.717) is 5.41 Å². The number of hydrogen-bond acceptors (Lipinski definition) is 2. The molecule has 0 radical (unpaired) electrons. The Morgan fingerprint density at radius 3 is 2.05 bits per heavy atom. The highest BCUT2D eigenvalue weighted by molar-refractivity contribution is 14.1. The molecule has 102 valence electrons. The van der Waals surface area contributed by atoms with E-state index >= 15 is 0 Å². The summed E-state index contributed by atoms with van der Waals surface area (Å²) in [4.78, 5) is 12.0. The maximum Gasteiger partial charge on any atom is 0.321 e. The van der Waals surface area contributed by atoms with Crippen LogP contribution in [0.5, 0.6) is 0 Å². The van der Waals surface area contributed by atoms with Gasteiger partial charge in [0.15, 0.2) is 23.0 Å². The van der Waals surface area contributed by atoms with E-state index in [4.69, 9.17) is 3.07 Å². The van der Waals surface area contributed by atoms with Crippen LogP contribution in [0.4, 0.5) is 0 Å². The van der Waals surface area contributed by atoms with Crippen LogP contribution in [0.3, 0.4) is 0 Å². The first-order valence-corrected chi connectivity index (χ1v) is 8.37. The number of benzene rings is 1. The van der Waals surface area contributed by atoms with Crippen molar-refractivity contribution < 1.29 is 7.86 Å².